The fourth-order valence-electron chi connectivity index (χ4n) is 4.50. The van der Waals surface area contributed by atoms with Crippen LogP contribution in [0.3, 0.4) is 0 Å². The number of halogens is 3. The minimum Gasteiger partial charge on any atom is -0.489 e. The highest BCUT2D eigenvalue weighted by atomic mass is 19.4. The summed E-state index contributed by atoms with van der Waals surface area (Å²) >= 11 is 0. The van der Waals surface area contributed by atoms with Crippen molar-refractivity contribution in [3.63, 3.8) is 0 Å². The molecule has 166 valence electrons. The number of hydrogen-bond donors (Lipinski definition) is 0. The largest absolute Gasteiger partial charge is 0.489 e. The van der Waals surface area contributed by atoms with Gasteiger partial charge in [-0.05, 0) is 69.1 Å². The van der Waals surface area contributed by atoms with Gasteiger partial charge in [-0.2, -0.15) is 13.2 Å². The van der Waals surface area contributed by atoms with Crippen molar-refractivity contribution in [3.8, 4) is 5.75 Å². The number of benzene rings is 2. The van der Waals surface area contributed by atoms with E-state index in [0.29, 0.717) is 11.3 Å². The average Bonchev–Trinajstić information content (AvgIpc) is 3.44. The van der Waals surface area contributed by atoms with E-state index in [1.807, 2.05) is 4.90 Å². The van der Waals surface area contributed by atoms with E-state index in [1.165, 1.54) is 25.0 Å². The smallest absolute Gasteiger partial charge is 0.416 e. The van der Waals surface area contributed by atoms with Crippen molar-refractivity contribution in [1.29, 1.82) is 0 Å². The number of ether oxygens (including phenoxy) is 1. The van der Waals surface area contributed by atoms with Gasteiger partial charge in [0.05, 0.1) is 5.56 Å². The molecule has 4 rings (SSSR count). The van der Waals surface area contributed by atoms with Crippen LogP contribution in [0.1, 0.15) is 47.2 Å². The quantitative estimate of drug-likeness (QED) is 0.645. The molecule has 4 nitrogen and oxygen atoms in total. The third kappa shape index (κ3) is 5.21. The zero-order chi connectivity index (χ0) is 21.8. The lowest BCUT2D eigenvalue weighted by Gasteiger charge is -2.28. The molecular formula is C24H27F3N2O2. The molecule has 2 aromatic carbocycles. The van der Waals surface area contributed by atoms with Gasteiger partial charge in [-0.1, -0.05) is 18.2 Å². The molecule has 2 fully saturated rings. The second-order valence-electron chi connectivity index (χ2n) is 8.27. The SMILES string of the molecule is O=C(c1ccc(OCc2ccccc2C(F)(F)F)cc1)N1CCCC1CN1CCCC1. The summed E-state index contributed by atoms with van der Waals surface area (Å²) in [6.07, 6.45) is 0.0921. The molecule has 0 radical (unpaired) electrons. The van der Waals surface area contributed by atoms with E-state index in [4.69, 9.17) is 4.74 Å². The van der Waals surface area contributed by atoms with Gasteiger partial charge < -0.3 is 14.5 Å². The molecule has 1 amide bonds. The molecule has 31 heavy (non-hydrogen) atoms. The molecule has 0 N–H and O–H groups in total. The van der Waals surface area contributed by atoms with Gasteiger partial charge in [0.15, 0.2) is 0 Å². The Kier molecular flexibility index (Phi) is 6.51. The normalized spacial score (nSPS) is 19.7. The van der Waals surface area contributed by atoms with E-state index in [9.17, 15) is 18.0 Å². The lowest BCUT2D eigenvalue weighted by molar-refractivity contribution is -0.138. The molecule has 0 spiro atoms. The molecule has 1 atom stereocenters. The van der Waals surface area contributed by atoms with Crippen molar-refractivity contribution in [1.82, 2.24) is 9.80 Å². The first-order valence-electron chi connectivity index (χ1n) is 10.8. The van der Waals surface area contributed by atoms with Crippen molar-refractivity contribution in [2.75, 3.05) is 26.2 Å². The third-order valence-electron chi connectivity index (χ3n) is 6.12. The van der Waals surface area contributed by atoms with Crippen LogP contribution in [0.5, 0.6) is 5.75 Å². The van der Waals surface area contributed by atoms with E-state index in [2.05, 4.69) is 4.90 Å². The lowest BCUT2D eigenvalue weighted by atomic mass is 10.1. The Morgan fingerprint density at radius 1 is 0.968 bits per heavy atom. The zero-order valence-electron chi connectivity index (χ0n) is 17.4. The van der Waals surface area contributed by atoms with E-state index in [1.54, 1.807) is 30.3 Å². The Bertz CT molecular complexity index is 892. The molecule has 2 aromatic rings. The number of carbonyl (C=O) groups excluding carboxylic acids is 1. The molecule has 0 saturated carbocycles. The van der Waals surface area contributed by atoms with Gasteiger partial charge in [0, 0.05) is 30.3 Å². The molecule has 0 bridgehead atoms. The van der Waals surface area contributed by atoms with Crippen molar-refractivity contribution in [2.45, 2.75) is 44.5 Å². The number of alkyl halides is 3. The molecule has 0 aliphatic carbocycles. The number of nitrogens with zero attached hydrogens (tertiary/aromatic N) is 2. The molecule has 2 aliphatic rings. The fourth-order valence-corrected chi connectivity index (χ4v) is 4.50. The van der Waals surface area contributed by atoms with E-state index in [-0.39, 0.29) is 24.1 Å². The maximum absolute atomic E-state index is 13.1. The summed E-state index contributed by atoms with van der Waals surface area (Å²) in [6, 6.07) is 12.3. The van der Waals surface area contributed by atoms with Crippen molar-refractivity contribution < 1.29 is 22.7 Å². The monoisotopic (exact) mass is 432 g/mol. The number of amides is 1. The number of hydrogen-bond acceptors (Lipinski definition) is 3. The predicted molar refractivity (Wildman–Crippen MR) is 112 cm³/mol. The van der Waals surface area contributed by atoms with Crippen LogP contribution < -0.4 is 4.74 Å². The van der Waals surface area contributed by atoms with Crippen LogP contribution >= 0.6 is 0 Å². The lowest BCUT2D eigenvalue weighted by Crippen LogP contribution is -2.42. The van der Waals surface area contributed by atoms with Gasteiger partial charge >= 0.3 is 6.18 Å². The van der Waals surface area contributed by atoms with E-state index in [0.717, 1.165) is 45.1 Å². The standard InChI is InChI=1S/C24H27F3N2O2/c25-24(26,27)22-8-2-1-6-19(22)17-31-21-11-9-18(10-12-21)23(30)29-15-5-7-20(29)16-28-13-3-4-14-28/h1-2,6,8-12,20H,3-5,7,13-17H2. The summed E-state index contributed by atoms with van der Waals surface area (Å²) < 4.78 is 44.9. The average molecular weight is 432 g/mol. The fraction of sp³-hybridized carbons (Fsp3) is 0.458. The van der Waals surface area contributed by atoms with Crippen LogP contribution in [0.25, 0.3) is 0 Å². The molecule has 2 aliphatic heterocycles. The van der Waals surface area contributed by atoms with Gasteiger partial charge in [0.2, 0.25) is 0 Å². The zero-order valence-corrected chi connectivity index (χ0v) is 17.4. The van der Waals surface area contributed by atoms with Crippen molar-refractivity contribution >= 4 is 5.91 Å². The summed E-state index contributed by atoms with van der Waals surface area (Å²) in [4.78, 5) is 17.4. The summed E-state index contributed by atoms with van der Waals surface area (Å²) in [5.74, 6) is 0.444. The van der Waals surface area contributed by atoms with Gasteiger partial charge in [-0.3, -0.25) is 4.79 Å². The highest BCUT2D eigenvalue weighted by molar-refractivity contribution is 5.94. The predicted octanol–water partition coefficient (Wildman–Crippen LogP) is 4.98. The highest BCUT2D eigenvalue weighted by Gasteiger charge is 2.33. The molecular weight excluding hydrogens is 405 g/mol. The summed E-state index contributed by atoms with van der Waals surface area (Å²) in [5, 5.41) is 0. The second kappa shape index (κ2) is 9.30. The Morgan fingerprint density at radius 3 is 2.39 bits per heavy atom. The summed E-state index contributed by atoms with van der Waals surface area (Å²) in [5.41, 5.74) is -0.0341. The minimum atomic E-state index is -4.42. The summed E-state index contributed by atoms with van der Waals surface area (Å²) in [6.45, 7) is 3.74. The first-order chi connectivity index (χ1) is 14.9. The van der Waals surface area contributed by atoms with Gasteiger partial charge in [0.25, 0.3) is 5.91 Å². The van der Waals surface area contributed by atoms with Crippen LogP contribution in [0, 0.1) is 0 Å². The Labute approximate surface area is 180 Å². The maximum Gasteiger partial charge on any atom is 0.416 e. The van der Waals surface area contributed by atoms with Crippen LogP contribution in [0.2, 0.25) is 0 Å². The van der Waals surface area contributed by atoms with Crippen molar-refractivity contribution in [3.05, 3.63) is 65.2 Å². The first kappa shape index (κ1) is 21.7. The third-order valence-corrected chi connectivity index (χ3v) is 6.12. The Hall–Kier alpha value is -2.54. The number of rotatable bonds is 6. The van der Waals surface area contributed by atoms with Gasteiger partial charge in [0.1, 0.15) is 12.4 Å². The van der Waals surface area contributed by atoms with Crippen LogP contribution in [0.15, 0.2) is 48.5 Å². The minimum absolute atomic E-state index is 0.00987. The highest BCUT2D eigenvalue weighted by Crippen LogP contribution is 2.32. The topological polar surface area (TPSA) is 32.8 Å². The van der Waals surface area contributed by atoms with Crippen molar-refractivity contribution in [2.24, 2.45) is 0 Å². The number of carbonyl (C=O) groups is 1. The van der Waals surface area contributed by atoms with E-state index < -0.39 is 11.7 Å². The molecule has 0 aromatic heterocycles. The Balaban J connectivity index is 1.37. The first-order valence-corrected chi connectivity index (χ1v) is 10.8. The van der Waals surface area contributed by atoms with Crippen LogP contribution in [-0.2, 0) is 12.8 Å². The molecule has 1 unspecified atom stereocenters. The van der Waals surface area contributed by atoms with E-state index >= 15 is 0 Å². The maximum atomic E-state index is 13.1. The van der Waals surface area contributed by atoms with Crippen LogP contribution in [0.4, 0.5) is 13.2 Å². The second-order valence-corrected chi connectivity index (χ2v) is 8.27. The molecule has 2 heterocycles. The van der Waals surface area contributed by atoms with Gasteiger partial charge in [-0.15, -0.1) is 0 Å². The molecule has 7 heteroatoms. The Morgan fingerprint density at radius 2 is 1.68 bits per heavy atom. The molecule has 2 saturated heterocycles. The summed E-state index contributed by atoms with van der Waals surface area (Å²) in [7, 11) is 0. The van der Waals surface area contributed by atoms with Crippen LogP contribution in [-0.4, -0.2) is 47.9 Å². The van der Waals surface area contributed by atoms with Gasteiger partial charge in [-0.25, -0.2) is 0 Å². The number of likely N-dealkylation sites (tertiary alicyclic amines) is 2.